The summed E-state index contributed by atoms with van der Waals surface area (Å²) in [7, 11) is -1.97. The molecule has 0 unspecified atom stereocenters. The van der Waals surface area contributed by atoms with Crippen molar-refractivity contribution in [2.75, 3.05) is 7.05 Å². The van der Waals surface area contributed by atoms with E-state index in [1.54, 1.807) is 19.4 Å². The SMILES string of the molecule is Cc1cc(C)c(C)c(S(=O)(=O)N(C)Cc2ncc[nH]2)c1C. The smallest absolute Gasteiger partial charge is 0.243 e. The number of H-pyrrole nitrogens is 1. The molecule has 1 aromatic heterocycles. The molecule has 0 fully saturated rings. The van der Waals surface area contributed by atoms with Crippen LogP contribution in [0.2, 0.25) is 0 Å². The van der Waals surface area contributed by atoms with E-state index in [4.69, 9.17) is 0 Å². The summed E-state index contributed by atoms with van der Waals surface area (Å²) in [6.45, 7) is 7.81. The molecule has 0 spiro atoms. The molecule has 0 aliphatic carbocycles. The Labute approximate surface area is 126 Å². The van der Waals surface area contributed by atoms with Crippen molar-refractivity contribution >= 4 is 10.0 Å². The first-order valence-corrected chi connectivity index (χ1v) is 8.21. The van der Waals surface area contributed by atoms with Gasteiger partial charge in [-0.2, -0.15) is 4.31 Å². The number of sulfonamides is 1. The van der Waals surface area contributed by atoms with Crippen molar-refractivity contribution in [3.63, 3.8) is 0 Å². The molecule has 0 radical (unpaired) electrons. The van der Waals surface area contributed by atoms with Gasteiger partial charge in [-0.15, -0.1) is 0 Å². The predicted molar refractivity (Wildman–Crippen MR) is 82.6 cm³/mol. The van der Waals surface area contributed by atoms with Gasteiger partial charge in [0.1, 0.15) is 5.82 Å². The van der Waals surface area contributed by atoms with E-state index in [9.17, 15) is 8.42 Å². The van der Waals surface area contributed by atoms with Gasteiger partial charge in [0.15, 0.2) is 0 Å². The maximum Gasteiger partial charge on any atom is 0.243 e. The highest BCUT2D eigenvalue weighted by atomic mass is 32.2. The molecule has 0 aliphatic rings. The lowest BCUT2D eigenvalue weighted by Gasteiger charge is -2.21. The van der Waals surface area contributed by atoms with Gasteiger partial charge in [-0.3, -0.25) is 0 Å². The molecule has 0 atom stereocenters. The zero-order valence-corrected chi connectivity index (χ0v) is 13.9. The maximum absolute atomic E-state index is 12.9. The van der Waals surface area contributed by atoms with Gasteiger partial charge in [-0.25, -0.2) is 13.4 Å². The normalized spacial score (nSPS) is 12.1. The van der Waals surface area contributed by atoms with Crippen LogP contribution < -0.4 is 0 Å². The van der Waals surface area contributed by atoms with Crippen LogP contribution in [-0.2, 0) is 16.6 Å². The average molecular weight is 307 g/mol. The fourth-order valence-corrected chi connectivity index (χ4v) is 4.10. The second kappa shape index (κ2) is 5.61. The monoisotopic (exact) mass is 307 g/mol. The second-order valence-electron chi connectivity index (χ2n) is 5.39. The van der Waals surface area contributed by atoms with Gasteiger partial charge in [0, 0.05) is 19.4 Å². The van der Waals surface area contributed by atoms with Crippen LogP contribution in [0, 0.1) is 27.7 Å². The number of aromatic amines is 1. The third-order valence-electron chi connectivity index (χ3n) is 3.89. The van der Waals surface area contributed by atoms with Crippen molar-refractivity contribution in [2.24, 2.45) is 0 Å². The standard InChI is InChI=1S/C15H21N3O2S/c1-10-8-11(2)13(4)15(12(10)3)21(19,20)18(5)9-14-16-6-7-17-14/h6-8H,9H2,1-5H3,(H,16,17). The fourth-order valence-electron chi connectivity index (χ4n) is 2.40. The van der Waals surface area contributed by atoms with Gasteiger partial charge in [-0.1, -0.05) is 6.07 Å². The van der Waals surface area contributed by atoms with Crippen LogP contribution in [0.4, 0.5) is 0 Å². The van der Waals surface area contributed by atoms with Gasteiger partial charge in [0.2, 0.25) is 10.0 Å². The molecule has 0 saturated carbocycles. The third-order valence-corrected chi connectivity index (χ3v) is 5.97. The molecule has 0 amide bonds. The Hall–Kier alpha value is -1.66. The summed E-state index contributed by atoms with van der Waals surface area (Å²) in [5, 5.41) is 0. The number of hydrogen-bond donors (Lipinski definition) is 1. The molecule has 6 heteroatoms. The number of aryl methyl sites for hydroxylation is 2. The molecule has 0 bridgehead atoms. The lowest BCUT2D eigenvalue weighted by Crippen LogP contribution is -2.28. The van der Waals surface area contributed by atoms with E-state index in [2.05, 4.69) is 9.97 Å². The zero-order valence-electron chi connectivity index (χ0n) is 13.1. The van der Waals surface area contributed by atoms with E-state index in [0.717, 1.165) is 22.3 Å². The molecule has 1 N–H and O–H groups in total. The Balaban J connectivity index is 2.49. The summed E-state index contributed by atoms with van der Waals surface area (Å²) in [4.78, 5) is 7.42. The van der Waals surface area contributed by atoms with Crippen LogP contribution >= 0.6 is 0 Å². The van der Waals surface area contributed by atoms with Crippen LogP contribution in [0.5, 0.6) is 0 Å². The van der Waals surface area contributed by atoms with Crippen LogP contribution in [-0.4, -0.2) is 29.7 Å². The van der Waals surface area contributed by atoms with Crippen molar-refractivity contribution in [3.05, 3.63) is 46.5 Å². The fraction of sp³-hybridized carbons (Fsp3) is 0.400. The minimum Gasteiger partial charge on any atom is -0.347 e. The molecule has 114 valence electrons. The Morgan fingerprint density at radius 3 is 2.19 bits per heavy atom. The van der Waals surface area contributed by atoms with Crippen LogP contribution in [0.1, 0.15) is 28.1 Å². The van der Waals surface area contributed by atoms with Gasteiger partial charge in [0.25, 0.3) is 0 Å². The van der Waals surface area contributed by atoms with Crippen LogP contribution in [0.15, 0.2) is 23.4 Å². The van der Waals surface area contributed by atoms with Crippen molar-refractivity contribution in [3.8, 4) is 0 Å². The first kappa shape index (κ1) is 15.7. The van der Waals surface area contributed by atoms with E-state index in [1.807, 2.05) is 33.8 Å². The molecule has 21 heavy (non-hydrogen) atoms. The molecular weight excluding hydrogens is 286 g/mol. The quantitative estimate of drug-likeness (QED) is 0.943. The summed E-state index contributed by atoms with van der Waals surface area (Å²) < 4.78 is 27.1. The van der Waals surface area contributed by atoms with E-state index in [0.29, 0.717) is 10.7 Å². The Morgan fingerprint density at radius 2 is 1.71 bits per heavy atom. The van der Waals surface area contributed by atoms with Gasteiger partial charge >= 0.3 is 0 Å². The third kappa shape index (κ3) is 2.87. The number of nitrogens with zero attached hydrogens (tertiary/aromatic N) is 2. The minimum absolute atomic E-state index is 0.223. The van der Waals surface area contributed by atoms with Crippen LogP contribution in [0.3, 0.4) is 0 Å². The number of hydrogen-bond acceptors (Lipinski definition) is 3. The lowest BCUT2D eigenvalue weighted by atomic mass is 10.0. The highest BCUT2D eigenvalue weighted by molar-refractivity contribution is 7.89. The number of benzene rings is 1. The van der Waals surface area contributed by atoms with Gasteiger partial charge in [-0.05, 0) is 49.9 Å². The maximum atomic E-state index is 12.9. The number of imidazole rings is 1. The van der Waals surface area contributed by atoms with Crippen molar-refractivity contribution in [1.29, 1.82) is 0 Å². The lowest BCUT2D eigenvalue weighted by molar-refractivity contribution is 0.457. The molecule has 2 rings (SSSR count). The topological polar surface area (TPSA) is 66.1 Å². The molecule has 0 aliphatic heterocycles. The van der Waals surface area contributed by atoms with E-state index in [1.165, 1.54) is 4.31 Å². The summed E-state index contributed by atoms with van der Waals surface area (Å²) in [6, 6.07) is 2.02. The molecule has 1 heterocycles. The number of nitrogens with one attached hydrogen (secondary N) is 1. The van der Waals surface area contributed by atoms with E-state index >= 15 is 0 Å². The van der Waals surface area contributed by atoms with E-state index < -0.39 is 10.0 Å². The summed E-state index contributed by atoms with van der Waals surface area (Å²) in [5.74, 6) is 0.626. The average Bonchev–Trinajstić information content (AvgIpc) is 2.89. The van der Waals surface area contributed by atoms with Crippen LogP contribution in [0.25, 0.3) is 0 Å². The van der Waals surface area contributed by atoms with E-state index in [-0.39, 0.29) is 6.54 Å². The number of rotatable bonds is 4. The first-order chi connectivity index (χ1) is 9.75. The number of aromatic nitrogens is 2. The Morgan fingerprint density at radius 1 is 1.14 bits per heavy atom. The largest absolute Gasteiger partial charge is 0.347 e. The molecule has 1 aromatic carbocycles. The predicted octanol–water partition coefficient (Wildman–Crippen LogP) is 2.46. The summed E-state index contributed by atoms with van der Waals surface area (Å²) in [6.07, 6.45) is 3.30. The summed E-state index contributed by atoms with van der Waals surface area (Å²) in [5.41, 5.74) is 3.60. The highest BCUT2D eigenvalue weighted by Crippen LogP contribution is 2.28. The minimum atomic E-state index is -3.55. The second-order valence-corrected chi connectivity index (χ2v) is 7.37. The summed E-state index contributed by atoms with van der Waals surface area (Å²) >= 11 is 0. The van der Waals surface area contributed by atoms with Crippen molar-refractivity contribution in [2.45, 2.75) is 39.1 Å². The molecular formula is C15H21N3O2S. The van der Waals surface area contributed by atoms with Gasteiger partial charge in [0.05, 0.1) is 11.4 Å². The Kier molecular flexibility index (Phi) is 4.20. The Bertz CT molecular complexity index is 723. The first-order valence-electron chi connectivity index (χ1n) is 6.77. The van der Waals surface area contributed by atoms with Crippen molar-refractivity contribution < 1.29 is 8.42 Å². The molecule has 0 saturated heterocycles. The van der Waals surface area contributed by atoms with Gasteiger partial charge < -0.3 is 4.98 Å². The zero-order chi connectivity index (χ0) is 15.8. The molecule has 2 aromatic rings. The van der Waals surface area contributed by atoms with Crippen molar-refractivity contribution in [1.82, 2.24) is 14.3 Å². The highest BCUT2D eigenvalue weighted by Gasteiger charge is 2.27. The molecule has 5 nitrogen and oxygen atoms in total.